The Morgan fingerprint density at radius 1 is 1.25 bits per heavy atom. The van der Waals surface area contributed by atoms with Crippen LogP contribution >= 0.6 is 0 Å². The van der Waals surface area contributed by atoms with Crippen molar-refractivity contribution in [3.8, 4) is 0 Å². The molecule has 0 saturated heterocycles. The molecule has 0 bridgehead atoms. The molecule has 0 fully saturated rings. The predicted molar refractivity (Wildman–Crippen MR) is 63.9 cm³/mol. The van der Waals surface area contributed by atoms with Crippen molar-refractivity contribution in [2.75, 3.05) is 19.6 Å². The number of hydrogen-bond acceptors (Lipinski definition) is 2. The number of nitrogens with two attached hydrogens (primary N) is 1. The number of rotatable bonds is 6. The van der Waals surface area contributed by atoms with Gasteiger partial charge in [0.25, 0.3) is 0 Å². The van der Waals surface area contributed by atoms with E-state index < -0.39 is 12.1 Å². The van der Waals surface area contributed by atoms with E-state index in [0.29, 0.717) is 13.1 Å². The van der Waals surface area contributed by atoms with Crippen molar-refractivity contribution < 1.29 is 9.59 Å². The summed E-state index contributed by atoms with van der Waals surface area (Å²) in [5.74, 6) is 0. The zero-order valence-electron chi connectivity index (χ0n) is 9.69. The van der Waals surface area contributed by atoms with Gasteiger partial charge in [0, 0.05) is 19.6 Å². The molecule has 0 aliphatic heterocycles. The molecule has 16 heavy (non-hydrogen) atoms. The lowest BCUT2D eigenvalue weighted by Gasteiger charge is -2.26. The Kier molecular flexibility index (Phi) is 6.67. The average Bonchev–Trinajstić information content (AvgIpc) is 2.24. The van der Waals surface area contributed by atoms with Crippen LogP contribution < -0.4 is 5.73 Å². The molecule has 5 nitrogen and oxygen atoms in total. The monoisotopic (exact) mass is 225 g/mol. The van der Waals surface area contributed by atoms with Gasteiger partial charge in [0.1, 0.15) is 0 Å². The summed E-state index contributed by atoms with van der Waals surface area (Å²) in [6.07, 6.45) is 3.88. The minimum Gasteiger partial charge on any atom is -0.351 e. The Balaban J connectivity index is 4.70. The molecule has 0 spiro atoms. The van der Waals surface area contributed by atoms with Crippen molar-refractivity contribution in [3.05, 3.63) is 25.3 Å². The summed E-state index contributed by atoms with van der Waals surface area (Å²) >= 11 is 0. The van der Waals surface area contributed by atoms with Gasteiger partial charge in [0.2, 0.25) is 0 Å². The fourth-order valence-electron chi connectivity index (χ4n) is 1.25. The summed E-state index contributed by atoms with van der Waals surface area (Å²) in [5, 5.41) is 0. The van der Waals surface area contributed by atoms with Gasteiger partial charge in [0.15, 0.2) is 0 Å². The van der Waals surface area contributed by atoms with E-state index in [1.54, 1.807) is 6.08 Å². The van der Waals surface area contributed by atoms with Gasteiger partial charge in [-0.2, -0.15) is 0 Å². The van der Waals surface area contributed by atoms with Crippen molar-refractivity contribution in [1.29, 1.82) is 0 Å². The maximum absolute atomic E-state index is 11.9. The van der Waals surface area contributed by atoms with Gasteiger partial charge < -0.3 is 10.6 Å². The summed E-state index contributed by atoms with van der Waals surface area (Å²) in [5.41, 5.74) is 5.12. The molecule has 0 aromatic carbocycles. The second kappa shape index (κ2) is 7.50. The summed E-state index contributed by atoms with van der Waals surface area (Å²) in [6, 6.07) is -1.18. The van der Waals surface area contributed by atoms with Crippen LogP contribution in [0, 0.1) is 0 Å². The minimum atomic E-state index is -0.768. The maximum Gasteiger partial charge on any atom is 0.328 e. The van der Waals surface area contributed by atoms with Crippen molar-refractivity contribution in [1.82, 2.24) is 9.80 Å². The van der Waals surface area contributed by atoms with E-state index in [0.717, 1.165) is 11.3 Å². The number of carbonyl (C=O) groups excluding carboxylic acids is 2. The Bertz CT molecular complexity index is 276. The zero-order valence-corrected chi connectivity index (χ0v) is 9.69. The number of hydrogen-bond donors (Lipinski definition) is 1. The van der Waals surface area contributed by atoms with Crippen LogP contribution in [0.2, 0.25) is 0 Å². The average molecular weight is 225 g/mol. The second-order valence-corrected chi connectivity index (χ2v) is 3.25. The van der Waals surface area contributed by atoms with Crippen molar-refractivity contribution in [2.24, 2.45) is 5.73 Å². The topological polar surface area (TPSA) is 66.6 Å². The van der Waals surface area contributed by atoms with Crippen molar-refractivity contribution in [2.45, 2.75) is 13.3 Å². The predicted octanol–water partition coefficient (Wildman–Crippen LogP) is 1.57. The van der Waals surface area contributed by atoms with E-state index in [1.165, 1.54) is 11.0 Å². The standard InChI is InChI=1S/C11H19N3O2/c1-4-7-13(8-5-2)11(16)14(9-6-3)10(12)15/h4,6H,1,3,5,7-9H2,2H3,(H2,12,15). The fraction of sp³-hybridized carbons (Fsp3) is 0.455. The van der Waals surface area contributed by atoms with Gasteiger partial charge in [-0.05, 0) is 6.42 Å². The summed E-state index contributed by atoms with van der Waals surface area (Å²) in [7, 11) is 0. The van der Waals surface area contributed by atoms with Gasteiger partial charge in [-0.3, -0.25) is 0 Å². The molecule has 0 aliphatic rings. The molecule has 90 valence electrons. The molecule has 0 radical (unpaired) electrons. The van der Waals surface area contributed by atoms with Gasteiger partial charge in [0.05, 0.1) is 0 Å². The van der Waals surface area contributed by atoms with E-state index in [1.807, 2.05) is 6.92 Å². The summed E-state index contributed by atoms with van der Waals surface area (Å²) < 4.78 is 0. The molecular weight excluding hydrogens is 206 g/mol. The highest BCUT2D eigenvalue weighted by Crippen LogP contribution is 2.01. The SMILES string of the molecule is C=CCN(CCC)C(=O)N(CC=C)C(N)=O. The van der Waals surface area contributed by atoms with Crippen LogP contribution in [-0.4, -0.2) is 41.5 Å². The van der Waals surface area contributed by atoms with Crippen LogP contribution in [0.3, 0.4) is 0 Å². The third-order valence-corrected chi connectivity index (χ3v) is 1.92. The molecule has 2 N–H and O–H groups in total. The first-order valence-electron chi connectivity index (χ1n) is 5.16. The number of urea groups is 2. The Hall–Kier alpha value is -1.78. The Morgan fingerprint density at radius 2 is 1.81 bits per heavy atom. The van der Waals surface area contributed by atoms with Gasteiger partial charge >= 0.3 is 12.1 Å². The van der Waals surface area contributed by atoms with Crippen LogP contribution in [0.25, 0.3) is 0 Å². The smallest absolute Gasteiger partial charge is 0.328 e. The van der Waals surface area contributed by atoms with E-state index in [9.17, 15) is 9.59 Å². The Labute approximate surface area is 96.2 Å². The molecule has 0 atom stereocenters. The quantitative estimate of drug-likeness (QED) is 0.697. The molecular formula is C11H19N3O2. The lowest BCUT2D eigenvalue weighted by molar-refractivity contribution is 0.165. The fourth-order valence-corrected chi connectivity index (χ4v) is 1.25. The molecule has 0 aromatic rings. The van der Waals surface area contributed by atoms with E-state index in [2.05, 4.69) is 13.2 Å². The zero-order chi connectivity index (χ0) is 12.6. The van der Waals surface area contributed by atoms with Gasteiger partial charge in [-0.25, -0.2) is 14.5 Å². The summed E-state index contributed by atoms with van der Waals surface area (Å²) in [6.45, 7) is 10.1. The van der Waals surface area contributed by atoms with Crippen LogP contribution in [0.4, 0.5) is 9.59 Å². The maximum atomic E-state index is 11.9. The molecule has 0 unspecified atom stereocenters. The molecule has 0 rings (SSSR count). The van der Waals surface area contributed by atoms with Crippen LogP contribution in [0.15, 0.2) is 25.3 Å². The number of carbonyl (C=O) groups is 2. The van der Waals surface area contributed by atoms with Gasteiger partial charge in [-0.1, -0.05) is 19.1 Å². The Morgan fingerprint density at radius 3 is 2.19 bits per heavy atom. The van der Waals surface area contributed by atoms with Crippen molar-refractivity contribution >= 4 is 12.1 Å². The highest BCUT2D eigenvalue weighted by molar-refractivity contribution is 5.93. The summed E-state index contributed by atoms with van der Waals surface area (Å²) in [4.78, 5) is 25.4. The number of amides is 4. The highest BCUT2D eigenvalue weighted by atomic mass is 16.2. The third-order valence-electron chi connectivity index (χ3n) is 1.92. The first-order chi connectivity index (χ1) is 7.58. The first kappa shape index (κ1) is 14.2. The van der Waals surface area contributed by atoms with E-state index in [4.69, 9.17) is 5.73 Å². The minimum absolute atomic E-state index is 0.117. The molecule has 5 heteroatoms. The largest absolute Gasteiger partial charge is 0.351 e. The second-order valence-electron chi connectivity index (χ2n) is 3.25. The van der Waals surface area contributed by atoms with Crippen LogP contribution in [-0.2, 0) is 0 Å². The van der Waals surface area contributed by atoms with Crippen molar-refractivity contribution in [3.63, 3.8) is 0 Å². The van der Waals surface area contributed by atoms with E-state index in [-0.39, 0.29) is 6.54 Å². The molecule has 4 amide bonds. The molecule has 0 aromatic heterocycles. The normalized spacial score (nSPS) is 9.31. The lowest BCUT2D eigenvalue weighted by atomic mass is 10.4. The van der Waals surface area contributed by atoms with Crippen LogP contribution in [0.5, 0.6) is 0 Å². The number of primary amides is 1. The van der Waals surface area contributed by atoms with Crippen LogP contribution in [0.1, 0.15) is 13.3 Å². The molecule has 0 aliphatic carbocycles. The van der Waals surface area contributed by atoms with E-state index >= 15 is 0 Å². The molecule has 0 heterocycles. The number of nitrogens with zero attached hydrogens (tertiary/aromatic N) is 2. The first-order valence-corrected chi connectivity index (χ1v) is 5.16. The third kappa shape index (κ3) is 4.16. The lowest BCUT2D eigenvalue weighted by Crippen LogP contribution is -2.48. The van der Waals surface area contributed by atoms with Gasteiger partial charge in [-0.15, -0.1) is 13.2 Å². The number of imide groups is 1. The molecule has 0 saturated carbocycles. The highest BCUT2D eigenvalue weighted by Gasteiger charge is 2.22.